The number of benzene rings is 2. The van der Waals surface area contributed by atoms with Gasteiger partial charge in [0.1, 0.15) is 10.6 Å². The molecule has 0 saturated heterocycles. The highest BCUT2D eigenvalue weighted by Gasteiger charge is 2.19. The van der Waals surface area contributed by atoms with Crippen molar-refractivity contribution in [1.29, 1.82) is 0 Å². The van der Waals surface area contributed by atoms with E-state index in [-0.39, 0.29) is 0 Å². The third kappa shape index (κ3) is 2.61. The van der Waals surface area contributed by atoms with Gasteiger partial charge in [-0.15, -0.1) is 11.3 Å². The molecule has 110 valence electrons. The number of thiophene rings is 1. The van der Waals surface area contributed by atoms with Gasteiger partial charge in [-0.1, -0.05) is 54.6 Å². The molecule has 0 aliphatic heterocycles. The molecule has 0 spiro atoms. The summed E-state index contributed by atoms with van der Waals surface area (Å²) in [6.07, 6.45) is 0. The van der Waals surface area contributed by atoms with Gasteiger partial charge in [0.25, 0.3) is 0 Å². The van der Waals surface area contributed by atoms with Crippen molar-refractivity contribution in [2.24, 2.45) is 0 Å². The average molecular weight is 309 g/mol. The summed E-state index contributed by atoms with van der Waals surface area (Å²) in [6, 6.07) is 18.2. The molecule has 2 N–H and O–H groups in total. The van der Waals surface area contributed by atoms with Gasteiger partial charge in [-0.05, 0) is 16.7 Å². The first-order valence-electron chi connectivity index (χ1n) is 6.82. The molecule has 4 heteroatoms. The van der Waals surface area contributed by atoms with Crippen molar-refractivity contribution in [2.45, 2.75) is 0 Å². The second-order valence-electron chi connectivity index (χ2n) is 4.82. The normalized spacial score (nSPS) is 10.4. The minimum absolute atomic E-state index is 0.402. The van der Waals surface area contributed by atoms with Gasteiger partial charge >= 0.3 is 5.97 Å². The maximum absolute atomic E-state index is 11.9. The van der Waals surface area contributed by atoms with E-state index in [0.29, 0.717) is 10.6 Å². The smallest absolute Gasteiger partial charge is 0.341 e. The lowest BCUT2D eigenvalue weighted by Gasteiger charge is -2.06. The zero-order valence-electron chi connectivity index (χ0n) is 12.1. The highest BCUT2D eigenvalue weighted by molar-refractivity contribution is 7.14. The first-order valence-corrected chi connectivity index (χ1v) is 7.70. The third-order valence-corrected chi connectivity index (χ3v) is 4.32. The first kappa shape index (κ1) is 14.4. The largest absolute Gasteiger partial charge is 0.465 e. The number of carbonyl (C=O) groups is 1. The number of nitrogens with two attached hydrogens (primary N) is 1. The quantitative estimate of drug-likeness (QED) is 0.727. The van der Waals surface area contributed by atoms with Gasteiger partial charge < -0.3 is 10.5 Å². The van der Waals surface area contributed by atoms with E-state index in [0.717, 1.165) is 22.3 Å². The van der Waals surface area contributed by atoms with Crippen LogP contribution < -0.4 is 5.73 Å². The van der Waals surface area contributed by atoms with E-state index in [2.05, 4.69) is 12.1 Å². The molecular weight excluding hydrogens is 294 g/mol. The molecular formula is C18H15NO2S. The number of anilines is 1. The van der Waals surface area contributed by atoms with E-state index in [9.17, 15) is 4.79 Å². The fourth-order valence-corrected chi connectivity index (χ4v) is 3.18. The van der Waals surface area contributed by atoms with Crippen LogP contribution in [-0.4, -0.2) is 13.1 Å². The summed E-state index contributed by atoms with van der Waals surface area (Å²) in [5.41, 5.74) is 10.4. The molecule has 0 aliphatic rings. The lowest BCUT2D eigenvalue weighted by Crippen LogP contribution is -2.04. The van der Waals surface area contributed by atoms with Gasteiger partial charge in [-0.3, -0.25) is 0 Å². The standard InChI is InChI=1S/C18H15NO2S/c1-21-18(20)16-15(11-22-17(16)19)14-9-7-13(8-10-14)12-5-3-2-4-6-12/h2-11H,19H2,1H3. The molecule has 0 aliphatic carbocycles. The molecule has 3 nitrogen and oxygen atoms in total. The van der Waals surface area contributed by atoms with E-state index in [4.69, 9.17) is 10.5 Å². The Balaban J connectivity index is 1.99. The van der Waals surface area contributed by atoms with Crippen LogP contribution in [0.1, 0.15) is 10.4 Å². The number of nitrogen functional groups attached to an aromatic ring is 1. The van der Waals surface area contributed by atoms with Gasteiger partial charge in [0.05, 0.1) is 7.11 Å². The number of ether oxygens (including phenoxy) is 1. The molecule has 3 rings (SSSR count). The fraction of sp³-hybridized carbons (Fsp3) is 0.0556. The molecule has 0 bridgehead atoms. The van der Waals surface area contributed by atoms with Crippen LogP contribution in [0.15, 0.2) is 60.0 Å². The predicted octanol–water partition coefficient (Wildman–Crippen LogP) is 4.45. The van der Waals surface area contributed by atoms with Crippen LogP contribution in [0.3, 0.4) is 0 Å². The van der Waals surface area contributed by atoms with Crippen LogP contribution in [0.4, 0.5) is 5.00 Å². The summed E-state index contributed by atoms with van der Waals surface area (Å²) in [7, 11) is 1.36. The summed E-state index contributed by atoms with van der Waals surface area (Å²) in [4.78, 5) is 11.9. The number of rotatable bonds is 3. The summed E-state index contributed by atoms with van der Waals surface area (Å²) in [6.45, 7) is 0. The van der Waals surface area contributed by atoms with Crippen LogP contribution in [0.5, 0.6) is 0 Å². The number of hydrogen-bond donors (Lipinski definition) is 1. The van der Waals surface area contributed by atoms with Crippen LogP contribution in [0.25, 0.3) is 22.3 Å². The second kappa shape index (κ2) is 6.03. The molecule has 0 radical (unpaired) electrons. The Hall–Kier alpha value is -2.59. The van der Waals surface area contributed by atoms with E-state index in [1.54, 1.807) is 0 Å². The maximum Gasteiger partial charge on any atom is 0.341 e. The van der Waals surface area contributed by atoms with Crippen molar-refractivity contribution >= 4 is 22.3 Å². The molecule has 0 saturated carbocycles. The number of hydrogen-bond acceptors (Lipinski definition) is 4. The molecule has 0 fully saturated rings. The lowest BCUT2D eigenvalue weighted by atomic mass is 9.99. The molecule has 1 aromatic heterocycles. The van der Waals surface area contributed by atoms with Crippen LogP contribution in [-0.2, 0) is 4.74 Å². The SMILES string of the molecule is COC(=O)c1c(-c2ccc(-c3ccccc3)cc2)csc1N. The Morgan fingerprint density at radius 1 is 0.955 bits per heavy atom. The van der Waals surface area contributed by atoms with Gasteiger partial charge in [0.2, 0.25) is 0 Å². The van der Waals surface area contributed by atoms with E-state index in [1.165, 1.54) is 18.4 Å². The Labute approximate surface area is 133 Å². The first-order chi connectivity index (χ1) is 10.7. The molecule has 22 heavy (non-hydrogen) atoms. The van der Waals surface area contributed by atoms with Crippen molar-refractivity contribution in [3.63, 3.8) is 0 Å². The fourth-order valence-electron chi connectivity index (χ4n) is 2.37. The highest BCUT2D eigenvalue weighted by Crippen LogP contribution is 2.35. The minimum Gasteiger partial charge on any atom is -0.465 e. The monoisotopic (exact) mass is 309 g/mol. The van der Waals surface area contributed by atoms with Crippen molar-refractivity contribution in [2.75, 3.05) is 12.8 Å². The van der Waals surface area contributed by atoms with Crippen LogP contribution in [0.2, 0.25) is 0 Å². The topological polar surface area (TPSA) is 52.3 Å². The molecule has 2 aromatic carbocycles. The summed E-state index contributed by atoms with van der Waals surface area (Å²) in [5, 5.41) is 2.37. The number of methoxy groups -OCH3 is 1. The van der Waals surface area contributed by atoms with Crippen molar-refractivity contribution in [3.05, 3.63) is 65.5 Å². The Morgan fingerprint density at radius 2 is 1.55 bits per heavy atom. The van der Waals surface area contributed by atoms with E-state index >= 15 is 0 Å². The summed E-state index contributed by atoms with van der Waals surface area (Å²) < 4.78 is 4.82. The molecule has 1 heterocycles. The van der Waals surface area contributed by atoms with Crippen molar-refractivity contribution < 1.29 is 9.53 Å². The second-order valence-corrected chi connectivity index (χ2v) is 5.73. The number of carbonyl (C=O) groups excluding carboxylic acids is 1. The van der Waals surface area contributed by atoms with E-state index in [1.807, 2.05) is 47.8 Å². The van der Waals surface area contributed by atoms with Crippen molar-refractivity contribution in [3.8, 4) is 22.3 Å². The van der Waals surface area contributed by atoms with E-state index < -0.39 is 5.97 Å². The zero-order valence-corrected chi connectivity index (χ0v) is 12.9. The summed E-state index contributed by atoms with van der Waals surface area (Å²) in [5.74, 6) is -0.402. The Morgan fingerprint density at radius 3 is 2.18 bits per heavy atom. The molecule has 0 atom stereocenters. The zero-order chi connectivity index (χ0) is 15.5. The van der Waals surface area contributed by atoms with Gasteiger partial charge in [0, 0.05) is 10.9 Å². The molecule has 3 aromatic rings. The average Bonchev–Trinajstić information content (AvgIpc) is 2.97. The molecule has 0 unspecified atom stereocenters. The van der Waals surface area contributed by atoms with Crippen LogP contribution in [0, 0.1) is 0 Å². The van der Waals surface area contributed by atoms with Gasteiger partial charge in [0.15, 0.2) is 0 Å². The highest BCUT2D eigenvalue weighted by atomic mass is 32.1. The van der Waals surface area contributed by atoms with Crippen LogP contribution >= 0.6 is 11.3 Å². The molecule has 0 amide bonds. The number of esters is 1. The van der Waals surface area contributed by atoms with Gasteiger partial charge in [-0.25, -0.2) is 4.79 Å². The summed E-state index contributed by atoms with van der Waals surface area (Å²) >= 11 is 1.35. The predicted molar refractivity (Wildman–Crippen MR) is 90.9 cm³/mol. The lowest BCUT2D eigenvalue weighted by molar-refractivity contribution is 0.0603. The van der Waals surface area contributed by atoms with Gasteiger partial charge in [-0.2, -0.15) is 0 Å². The Kier molecular flexibility index (Phi) is 3.94. The van der Waals surface area contributed by atoms with Crippen molar-refractivity contribution in [1.82, 2.24) is 0 Å². The Bertz CT molecular complexity index is 792. The maximum atomic E-state index is 11.9. The minimum atomic E-state index is -0.402. The third-order valence-electron chi connectivity index (χ3n) is 3.51.